The van der Waals surface area contributed by atoms with Crippen LogP contribution in [0, 0.1) is 5.92 Å². The van der Waals surface area contributed by atoms with Gasteiger partial charge in [0.25, 0.3) is 0 Å². The minimum atomic E-state index is 0.333. The molecule has 1 atom stereocenters. The number of ketones is 1. The highest BCUT2D eigenvalue weighted by Gasteiger charge is 2.26. The van der Waals surface area contributed by atoms with Crippen LogP contribution in [0.4, 0.5) is 0 Å². The van der Waals surface area contributed by atoms with Gasteiger partial charge in [0, 0.05) is 12.3 Å². The second-order valence-electron chi connectivity index (χ2n) is 2.28. The number of hydrogen-bond donors (Lipinski definition) is 1. The molecule has 1 aliphatic rings. The lowest BCUT2D eigenvalue weighted by molar-refractivity contribution is -0.129. The molecule has 2 heteroatoms. The molecular formula is C6H11NO. The van der Waals surface area contributed by atoms with Gasteiger partial charge in [-0.05, 0) is 19.4 Å². The lowest BCUT2D eigenvalue weighted by atomic mass is 9.81. The zero-order valence-corrected chi connectivity index (χ0v) is 4.89. The summed E-state index contributed by atoms with van der Waals surface area (Å²) in [5.74, 6) is 0.746. The Morgan fingerprint density at radius 3 is 2.62 bits per heavy atom. The smallest absolute Gasteiger partial charge is 0.136 e. The molecule has 0 bridgehead atoms. The van der Waals surface area contributed by atoms with E-state index in [0.717, 1.165) is 19.3 Å². The van der Waals surface area contributed by atoms with Crippen LogP contribution in [0.25, 0.3) is 0 Å². The first-order valence-electron chi connectivity index (χ1n) is 3.07. The van der Waals surface area contributed by atoms with Gasteiger partial charge in [0.1, 0.15) is 5.78 Å². The van der Waals surface area contributed by atoms with E-state index < -0.39 is 0 Å². The standard InChI is InChI=1S/C6H11NO/c7-4-3-5-1-2-6(5)8/h5H,1-4,7H2. The molecule has 8 heavy (non-hydrogen) atoms. The van der Waals surface area contributed by atoms with Gasteiger partial charge in [-0.15, -0.1) is 0 Å². The van der Waals surface area contributed by atoms with Gasteiger partial charge in [-0.3, -0.25) is 4.79 Å². The van der Waals surface area contributed by atoms with Crippen molar-refractivity contribution in [3.63, 3.8) is 0 Å². The Morgan fingerprint density at radius 1 is 1.75 bits per heavy atom. The monoisotopic (exact) mass is 113 g/mol. The maximum absolute atomic E-state index is 10.6. The van der Waals surface area contributed by atoms with Crippen LogP contribution in [0.3, 0.4) is 0 Å². The molecule has 1 aliphatic carbocycles. The van der Waals surface area contributed by atoms with Gasteiger partial charge >= 0.3 is 0 Å². The topological polar surface area (TPSA) is 43.1 Å². The Morgan fingerprint density at radius 2 is 2.50 bits per heavy atom. The van der Waals surface area contributed by atoms with E-state index in [1.54, 1.807) is 0 Å². The first kappa shape index (κ1) is 5.76. The predicted molar refractivity (Wildman–Crippen MR) is 31.4 cm³/mol. The molecule has 0 amide bonds. The first-order valence-corrected chi connectivity index (χ1v) is 3.07. The molecule has 0 aromatic carbocycles. The van der Waals surface area contributed by atoms with Gasteiger partial charge in [0.2, 0.25) is 0 Å². The largest absolute Gasteiger partial charge is 0.330 e. The fourth-order valence-corrected chi connectivity index (χ4v) is 0.973. The minimum Gasteiger partial charge on any atom is -0.330 e. The van der Waals surface area contributed by atoms with Crippen molar-refractivity contribution in [1.82, 2.24) is 0 Å². The lowest BCUT2D eigenvalue weighted by Gasteiger charge is -2.22. The summed E-state index contributed by atoms with van der Waals surface area (Å²) in [6.45, 7) is 0.663. The molecule has 46 valence electrons. The highest BCUT2D eigenvalue weighted by atomic mass is 16.1. The number of hydrogen-bond acceptors (Lipinski definition) is 2. The van der Waals surface area contributed by atoms with E-state index in [1.165, 1.54) is 0 Å². The Kier molecular flexibility index (Phi) is 1.63. The molecule has 1 saturated carbocycles. The van der Waals surface area contributed by atoms with Crippen LogP contribution in [0.15, 0.2) is 0 Å². The van der Waals surface area contributed by atoms with E-state index in [-0.39, 0.29) is 0 Å². The van der Waals surface area contributed by atoms with E-state index >= 15 is 0 Å². The molecule has 0 aliphatic heterocycles. The molecular weight excluding hydrogens is 102 g/mol. The summed E-state index contributed by atoms with van der Waals surface area (Å²) in [5, 5.41) is 0. The van der Waals surface area contributed by atoms with Crippen molar-refractivity contribution in [3.05, 3.63) is 0 Å². The van der Waals surface area contributed by atoms with Crippen LogP contribution in [0.1, 0.15) is 19.3 Å². The van der Waals surface area contributed by atoms with Crippen molar-refractivity contribution in [2.24, 2.45) is 11.7 Å². The second-order valence-corrected chi connectivity index (χ2v) is 2.28. The third-order valence-electron chi connectivity index (χ3n) is 1.71. The van der Waals surface area contributed by atoms with Gasteiger partial charge < -0.3 is 5.73 Å². The fraction of sp³-hybridized carbons (Fsp3) is 0.833. The van der Waals surface area contributed by atoms with Gasteiger partial charge in [-0.25, -0.2) is 0 Å². The normalized spacial score (nSPS) is 27.6. The number of nitrogens with two attached hydrogens (primary N) is 1. The molecule has 2 N–H and O–H groups in total. The summed E-state index contributed by atoms with van der Waals surface area (Å²) < 4.78 is 0. The van der Waals surface area contributed by atoms with Crippen molar-refractivity contribution < 1.29 is 4.79 Å². The van der Waals surface area contributed by atoms with Gasteiger partial charge in [-0.2, -0.15) is 0 Å². The van der Waals surface area contributed by atoms with Gasteiger partial charge in [0.05, 0.1) is 0 Å². The molecule has 1 fully saturated rings. The van der Waals surface area contributed by atoms with Crippen LogP contribution < -0.4 is 5.73 Å². The Hall–Kier alpha value is -0.370. The van der Waals surface area contributed by atoms with Gasteiger partial charge in [-0.1, -0.05) is 0 Å². The Labute approximate surface area is 49.1 Å². The molecule has 0 aromatic heterocycles. The molecule has 0 heterocycles. The predicted octanol–water partition coefficient (Wildman–Crippen LogP) is 0.314. The maximum atomic E-state index is 10.6. The van der Waals surface area contributed by atoms with Gasteiger partial charge in [0.15, 0.2) is 0 Å². The van der Waals surface area contributed by atoms with Crippen LogP contribution >= 0.6 is 0 Å². The third-order valence-corrected chi connectivity index (χ3v) is 1.71. The summed E-state index contributed by atoms with van der Waals surface area (Å²) in [6, 6.07) is 0. The van der Waals surface area contributed by atoms with E-state index in [2.05, 4.69) is 0 Å². The van der Waals surface area contributed by atoms with Crippen LogP contribution in [-0.2, 0) is 4.79 Å². The molecule has 0 radical (unpaired) electrons. The van der Waals surface area contributed by atoms with Crippen molar-refractivity contribution >= 4 is 5.78 Å². The zero-order valence-electron chi connectivity index (χ0n) is 4.89. The fourth-order valence-electron chi connectivity index (χ4n) is 0.973. The number of rotatable bonds is 2. The van der Waals surface area contributed by atoms with Crippen molar-refractivity contribution in [2.75, 3.05) is 6.54 Å². The quantitative estimate of drug-likeness (QED) is 0.560. The SMILES string of the molecule is NCCC1CCC1=O. The van der Waals surface area contributed by atoms with Crippen molar-refractivity contribution in [3.8, 4) is 0 Å². The number of Topliss-reactive ketones (excluding diaryl/α,β-unsaturated/α-hetero) is 1. The van der Waals surface area contributed by atoms with E-state index in [0.29, 0.717) is 18.2 Å². The summed E-state index contributed by atoms with van der Waals surface area (Å²) in [6.07, 6.45) is 2.78. The molecule has 0 aromatic rings. The van der Waals surface area contributed by atoms with E-state index in [4.69, 9.17) is 5.73 Å². The zero-order chi connectivity index (χ0) is 5.98. The summed E-state index contributed by atoms with van der Waals surface area (Å²) in [4.78, 5) is 10.6. The average molecular weight is 113 g/mol. The molecule has 1 unspecified atom stereocenters. The molecule has 0 spiro atoms. The lowest BCUT2D eigenvalue weighted by Crippen LogP contribution is -2.27. The Balaban J connectivity index is 2.17. The van der Waals surface area contributed by atoms with Crippen LogP contribution in [-0.4, -0.2) is 12.3 Å². The Bertz CT molecular complexity index is 101. The number of carbonyl (C=O) groups is 1. The highest BCUT2D eigenvalue weighted by Crippen LogP contribution is 2.24. The summed E-state index contributed by atoms with van der Waals surface area (Å²) >= 11 is 0. The average Bonchev–Trinajstić information content (AvgIpc) is 1.79. The summed E-state index contributed by atoms with van der Waals surface area (Å²) in [7, 11) is 0. The van der Waals surface area contributed by atoms with Crippen LogP contribution in [0.5, 0.6) is 0 Å². The second kappa shape index (κ2) is 2.27. The van der Waals surface area contributed by atoms with Crippen molar-refractivity contribution in [1.29, 1.82) is 0 Å². The molecule has 2 nitrogen and oxygen atoms in total. The first-order chi connectivity index (χ1) is 3.84. The molecule has 1 rings (SSSR count). The minimum absolute atomic E-state index is 0.333. The molecule has 0 saturated heterocycles. The van der Waals surface area contributed by atoms with E-state index in [1.807, 2.05) is 0 Å². The maximum Gasteiger partial charge on any atom is 0.136 e. The summed E-state index contributed by atoms with van der Waals surface area (Å²) in [5.41, 5.74) is 5.25. The third kappa shape index (κ3) is 0.892. The van der Waals surface area contributed by atoms with Crippen LogP contribution in [0.2, 0.25) is 0 Å². The highest BCUT2D eigenvalue weighted by molar-refractivity contribution is 5.86. The van der Waals surface area contributed by atoms with E-state index in [9.17, 15) is 4.79 Å². The van der Waals surface area contributed by atoms with Crippen molar-refractivity contribution in [2.45, 2.75) is 19.3 Å². The number of carbonyl (C=O) groups excluding carboxylic acids is 1.